The third-order valence-corrected chi connectivity index (χ3v) is 4.22. The van der Waals surface area contributed by atoms with Gasteiger partial charge in [-0.2, -0.15) is 0 Å². The minimum absolute atomic E-state index is 0.0556. The molecular formula is C15H18N2O3S. The van der Waals surface area contributed by atoms with Crippen molar-refractivity contribution in [1.82, 2.24) is 0 Å². The van der Waals surface area contributed by atoms with Crippen molar-refractivity contribution in [2.24, 2.45) is 5.14 Å². The Kier molecular flexibility index (Phi) is 4.20. The average Bonchev–Trinajstić information content (AvgIpc) is 2.40. The Morgan fingerprint density at radius 2 is 1.86 bits per heavy atom. The molecule has 2 aromatic carbocycles. The summed E-state index contributed by atoms with van der Waals surface area (Å²) in [6, 6.07) is 11.5. The summed E-state index contributed by atoms with van der Waals surface area (Å²) in [4.78, 5) is 0.0556. The van der Waals surface area contributed by atoms with E-state index >= 15 is 0 Å². The molecule has 0 fully saturated rings. The van der Waals surface area contributed by atoms with Crippen LogP contribution in [0.15, 0.2) is 47.4 Å². The van der Waals surface area contributed by atoms with Crippen LogP contribution >= 0.6 is 0 Å². The Morgan fingerprint density at radius 1 is 1.19 bits per heavy atom. The summed E-state index contributed by atoms with van der Waals surface area (Å²) in [7, 11) is -3.74. The predicted octanol–water partition coefficient (Wildman–Crippen LogP) is 2.52. The molecule has 0 aliphatic rings. The van der Waals surface area contributed by atoms with Crippen LogP contribution in [0.3, 0.4) is 0 Å². The number of aryl methyl sites for hydroxylation is 1. The van der Waals surface area contributed by atoms with Gasteiger partial charge in [0.25, 0.3) is 0 Å². The Morgan fingerprint density at radius 3 is 2.48 bits per heavy atom. The Bertz CT molecular complexity index is 757. The van der Waals surface area contributed by atoms with Crippen molar-refractivity contribution in [3.05, 3.63) is 53.6 Å². The van der Waals surface area contributed by atoms with Gasteiger partial charge in [-0.3, -0.25) is 0 Å². The molecule has 0 heterocycles. The Hall–Kier alpha value is -2.05. The first-order chi connectivity index (χ1) is 9.79. The van der Waals surface area contributed by atoms with E-state index in [1.165, 1.54) is 12.1 Å². The van der Waals surface area contributed by atoms with Crippen LogP contribution in [0.1, 0.15) is 24.1 Å². The molecule has 4 N–H and O–H groups in total. The number of anilines is 1. The lowest BCUT2D eigenvalue weighted by Crippen LogP contribution is -2.14. The molecule has 1 unspecified atom stereocenters. The zero-order chi connectivity index (χ0) is 15.6. The van der Waals surface area contributed by atoms with Crippen molar-refractivity contribution in [3.63, 3.8) is 0 Å². The fourth-order valence-corrected chi connectivity index (χ4v) is 2.64. The van der Waals surface area contributed by atoms with Crippen molar-refractivity contribution >= 4 is 15.7 Å². The lowest BCUT2D eigenvalue weighted by molar-refractivity contribution is 0.465. The largest absolute Gasteiger partial charge is 0.508 e. The van der Waals surface area contributed by atoms with E-state index in [9.17, 15) is 13.5 Å². The highest BCUT2D eigenvalue weighted by Crippen LogP contribution is 2.28. The van der Waals surface area contributed by atoms with E-state index in [0.29, 0.717) is 5.69 Å². The Balaban J connectivity index is 2.33. The van der Waals surface area contributed by atoms with Crippen molar-refractivity contribution < 1.29 is 13.5 Å². The molecule has 0 aromatic heterocycles. The molecule has 112 valence electrons. The summed E-state index contributed by atoms with van der Waals surface area (Å²) in [5, 5.41) is 18.2. The van der Waals surface area contributed by atoms with E-state index in [4.69, 9.17) is 5.14 Å². The molecule has 0 spiro atoms. The van der Waals surface area contributed by atoms with Gasteiger partial charge in [-0.05, 0) is 37.6 Å². The molecule has 0 aliphatic heterocycles. The minimum Gasteiger partial charge on any atom is -0.508 e. The first kappa shape index (κ1) is 15.3. The van der Waals surface area contributed by atoms with Crippen LogP contribution < -0.4 is 10.5 Å². The van der Waals surface area contributed by atoms with E-state index in [0.717, 1.165) is 11.1 Å². The van der Waals surface area contributed by atoms with Gasteiger partial charge in [0.1, 0.15) is 5.75 Å². The first-order valence-electron chi connectivity index (χ1n) is 6.47. The van der Waals surface area contributed by atoms with Gasteiger partial charge in [-0.25, -0.2) is 13.6 Å². The number of benzene rings is 2. The van der Waals surface area contributed by atoms with Gasteiger partial charge in [0, 0.05) is 11.3 Å². The SMILES string of the molecule is Cc1ccc(S(N)(=O)=O)cc1NC(C)c1ccccc1O. The molecule has 5 nitrogen and oxygen atoms in total. The zero-order valence-electron chi connectivity index (χ0n) is 11.9. The molecule has 2 rings (SSSR count). The van der Waals surface area contributed by atoms with E-state index in [1.807, 2.05) is 26.0 Å². The summed E-state index contributed by atoms with van der Waals surface area (Å²) < 4.78 is 22.8. The fraction of sp³-hybridized carbons (Fsp3) is 0.200. The second-order valence-electron chi connectivity index (χ2n) is 4.95. The smallest absolute Gasteiger partial charge is 0.238 e. The number of phenols is 1. The molecule has 21 heavy (non-hydrogen) atoms. The zero-order valence-corrected chi connectivity index (χ0v) is 12.7. The van der Waals surface area contributed by atoms with Gasteiger partial charge >= 0.3 is 0 Å². The molecule has 6 heteroatoms. The summed E-state index contributed by atoms with van der Waals surface area (Å²) in [5.74, 6) is 0.192. The van der Waals surface area contributed by atoms with Gasteiger partial charge in [0.05, 0.1) is 10.9 Å². The molecule has 0 aliphatic carbocycles. The van der Waals surface area contributed by atoms with Crippen LogP contribution in [-0.4, -0.2) is 13.5 Å². The average molecular weight is 306 g/mol. The fourth-order valence-electron chi connectivity index (χ4n) is 2.10. The number of aromatic hydroxyl groups is 1. The van der Waals surface area contributed by atoms with Gasteiger partial charge < -0.3 is 10.4 Å². The van der Waals surface area contributed by atoms with E-state index in [-0.39, 0.29) is 16.7 Å². The number of rotatable bonds is 4. The number of hydrogen-bond acceptors (Lipinski definition) is 4. The van der Waals surface area contributed by atoms with E-state index in [1.54, 1.807) is 18.2 Å². The normalized spacial score (nSPS) is 12.9. The maximum atomic E-state index is 11.4. The summed E-state index contributed by atoms with van der Waals surface area (Å²) in [5.41, 5.74) is 2.29. The number of primary sulfonamides is 1. The third kappa shape index (κ3) is 3.53. The number of nitrogens with one attached hydrogen (secondary N) is 1. The highest BCUT2D eigenvalue weighted by Gasteiger charge is 2.13. The lowest BCUT2D eigenvalue weighted by Gasteiger charge is -2.19. The van der Waals surface area contributed by atoms with Gasteiger partial charge in [-0.1, -0.05) is 24.3 Å². The van der Waals surface area contributed by atoms with Gasteiger partial charge in [-0.15, -0.1) is 0 Å². The van der Waals surface area contributed by atoms with Crippen LogP contribution in [0.25, 0.3) is 0 Å². The highest BCUT2D eigenvalue weighted by atomic mass is 32.2. The molecule has 0 bridgehead atoms. The standard InChI is InChI=1S/C15H18N2O3S/c1-10-7-8-12(21(16,19)20)9-14(10)17-11(2)13-5-3-4-6-15(13)18/h3-9,11,17-18H,1-2H3,(H2,16,19,20). The van der Waals surface area contributed by atoms with E-state index in [2.05, 4.69) is 5.32 Å². The minimum atomic E-state index is -3.74. The molecule has 0 saturated carbocycles. The molecule has 0 saturated heterocycles. The molecule has 0 radical (unpaired) electrons. The second kappa shape index (κ2) is 5.75. The predicted molar refractivity (Wildman–Crippen MR) is 82.7 cm³/mol. The highest BCUT2D eigenvalue weighted by molar-refractivity contribution is 7.89. The molecular weight excluding hydrogens is 288 g/mol. The second-order valence-corrected chi connectivity index (χ2v) is 6.51. The number of phenolic OH excluding ortho intramolecular Hbond substituents is 1. The van der Waals surface area contributed by atoms with Crippen LogP contribution in [-0.2, 0) is 10.0 Å². The number of para-hydroxylation sites is 1. The van der Waals surface area contributed by atoms with Crippen molar-refractivity contribution in [2.75, 3.05) is 5.32 Å². The number of sulfonamides is 1. The van der Waals surface area contributed by atoms with Crippen LogP contribution in [0.4, 0.5) is 5.69 Å². The summed E-state index contributed by atoms with van der Waals surface area (Å²) in [6.45, 7) is 3.75. The number of hydrogen-bond donors (Lipinski definition) is 3. The van der Waals surface area contributed by atoms with Crippen molar-refractivity contribution in [1.29, 1.82) is 0 Å². The van der Waals surface area contributed by atoms with Crippen molar-refractivity contribution in [2.45, 2.75) is 24.8 Å². The summed E-state index contributed by atoms with van der Waals surface area (Å²) in [6.07, 6.45) is 0. The summed E-state index contributed by atoms with van der Waals surface area (Å²) >= 11 is 0. The third-order valence-electron chi connectivity index (χ3n) is 3.31. The molecule has 0 amide bonds. The van der Waals surface area contributed by atoms with Gasteiger partial charge in [0.15, 0.2) is 0 Å². The Labute approximate surface area is 124 Å². The number of nitrogens with two attached hydrogens (primary N) is 1. The lowest BCUT2D eigenvalue weighted by atomic mass is 10.1. The van der Waals surface area contributed by atoms with Crippen LogP contribution in [0, 0.1) is 6.92 Å². The maximum Gasteiger partial charge on any atom is 0.238 e. The monoisotopic (exact) mass is 306 g/mol. The van der Waals surface area contributed by atoms with Crippen molar-refractivity contribution in [3.8, 4) is 5.75 Å². The molecule has 1 atom stereocenters. The first-order valence-corrected chi connectivity index (χ1v) is 8.01. The quantitative estimate of drug-likeness (QED) is 0.809. The van der Waals surface area contributed by atoms with Gasteiger partial charge in [0.2, 0.25) is 10.0 Å². The van der Waals surface area contributed by atoms with Crippen LogP contribution in [0.5, 0.6) is 5.75 Å². The molecule has 2 aromatic rings. The topological polar surface area (TPSA) is 92.4 Å². The van der Waals surface area contributed by atoms with E-state index < -0.39 is 10.0 Å². The van der Waals surface area contributed by atoms with Crippen LogP contribution in [0.2, 0.25) is 0 Å². The maximum absolute atomic E-state index is 11.4.